The highest BCUT2D eigenvalue weighted by atomic mass is 32.1. The Morgan fingerprint density at radius 2 is 2.17 bits per heavy atom. The Morgan fingerprint density at radius 3 is 2.74 bits per heavy atom. The Kier molecular flexibility index (Phi) is 4.73. The summed E-state index contributed by atoms with van der Waals surface area (Å²) >= 11 is 1.42. The topological polar surface area (TPSA) is 78.1 Å². The van der Waals surface area contributed by atoms with Crippen LogP contribution in [0.2, 0.25) is 0 Å². The summed E-state index contributed by atoms with van der Waals surface area (Å²) in [7, 11) is 1.45. The molecular weight excluding hydrogens is 333 g/mol. The molecule has 0 aliphatic rings. The third kappa shape index (κ3) is 4.31. The van der Waals surface area contributed by atoms with Crippen LogP contribution in [0.15, 0.2) is 22.4 Å². The molecule has 2 amide bonds. The van der Waals surface area contributed by atoms with Crippen LogP contribution < -0.4 is 10.9 Å². The van der Waals surface area contributed by atoms with E-state index in [1.165, 1.54) is 23.3 Å². The van der Waals surface area contributed by atoms with Gasteiger partial charge in [-0.25, -0.2) is 9.78 Å². The van der Waals surface area contributed by atoms with Crippen LogP contribution in [-0.2, 0) is 12.7 Å². The molecule has 2 aromatic heterocycles. The smallest absolute Gasteiger partial charge is 0.327 e. The van der Waals surface area contributed by atoms with Crippen LogP contribution in [-0.4, -0.2) is 27.9 Å². The van der Waals surface area contributed by atoms with Crippen LogP contribution in [0.4, 0.5) is 23.7 Å². The molecule has 0 aliphatic heterocycles. The number of halogens is 3. The number of hydrogen-bond acceptors (Lipinski definition) is 4. The summed E-state index contributed by atoms with van der Waals surface area (Å²) < 4.78 is 37.9. The first-order valence-corrected chi connectivity index (χ1v) is 7.28. The van der Waals surface area contributed by atoms with E-state index in [9.17, 15) is 22.8 Å². The first-order chi connectivity index (χ1) is 10.7. The van der Waals surface area contributed by atoms with Crippen molar-refractivity contribution in [1.29, 1.82) is 0 Å². The van der Waals surface area contributed by atoms with Crippen molar-refractivity contribution in [2.24, 2.45) is 0 Å². The lowest BCUT2D eigenvalue weighted by Crippen LogP contribution is -2.33. The Hall–Kier alpha value is -2.36. The highest BCUT2D eigenvalue weighted by Gasteiger charge is 2.31. The number of thiazole rings is 1. The van der Waals surface area contributed by atoms with Gasteiger partial charge in [0.15, 0.2) is 0 Å². The molecule has 2 heterocycles. The number of carbonyl (C=O) groups is 1. The van der Waals surface area contributed by atoms with Crippen molar-refractivity contribution in [3.8, 4) is 0 Å². The van der Waals surface area contributed by atoms with Crippen LogP contribution in [0.3, 0.4) is 0 Å². The molecule has 0 atom stereocenters. The molecule has 0 bridgehead atoms. The van der Waals surface area contributed by atoms with Gasteiger partial charge in [-0.05, 0) is 13.0 Å². The number of anilines is 1. The van der Waals surface area contributed by atoms with Crippen LogP contribution in [0, 0.1) is 6.92 Å². The second kappa shape index (κ2) is 6.41. The molecule has 23 heavy (non-hydrogen) atoms. The van der Waals surface area contributed by atoms with Gasteiger partial charge in [-0.15, -0.1) is 11.3 Å². The molecule has 2 rings (SSSR count). The molecule has 10 heteroatoms. The van der Waals surface area contributed by atoms with Crippen molar-refractivity contribution < 1.29 is 18.0 Å². The number of pyridine rings is 1. The van der Waals surface area contributed by atoms with Gasteiger partial charge in [0.05, 0.1) is 22.8 Å². The number of nitrogens with one attached hydrogen (secondary N) is 2. The second-order valence-corrected chi connectivity index (χ2v) is 5.84. The van der Waals surface area contributed by atoms with Gasteiger partial charge in [0, 0.05) is 18.6 Å². The van der Waals surface area contributed by atoms with Crippen molar-refractivity contribution in [2.45, 2.75) is 19.6 Å². The van der Waals surface area contributed by atoms with Crippen molar-refractivity contribution in [2.75, 3.05) is 12.4 Å². The summed E-state index contributed by atoms with van der Waals surface area (Å²) in [5, 5.41) is 4.78. The number of aryl methyl sites for hydroxylation is 1. The van der Waals surface area contributed by atoms with E-state index in [0.29, 0.717) is 18.0 Å². The standard InChI is InChI=1S/C13H13F3N4O2S/c1-7-18-9(6-23-7)5-20(2)12(22)19-10-3-8(13(14,15)16)4-17-11(10)21/h3-4,6H,5H2,1-2H3,(H,17,21)(H,19,22). The maximum Gasteiger partial charge on any atom is 0.417 e. The Bertz CT molecular complexity index is 769. The van der Waals surface area contributed by atoms with E-state index in [1.807, 2.05) is 11.9 Å². The van der Waals surface area contributed by atoms with Gasteiger partial charge in [0.25, 0.3) is 5.56 Å². The van der Waals surface area contributed by atoms with Crippen molar-refractivity contribution in [3.63, 3.8) is 0 Å². The van der Waals surface area contributed by atoms with Gasteiger partial charge < -0.3 is 15.2 Å². The summed E-state index contributed by atoms with van der Waals surface area (Å²) in [6.45, 7) is 1.99. The number of urea groups is 1. The summed E-state index contributed by atoms with van der Waals surface area (Å²) in [4.78, 5) is 30.9. The van der Waals surface area contributed by atoms with Crippen LogP contribution in [0.25, 0.3) is 0 Å². The van der Waals surface area contributed by atoms with Crippen molar-refractivity contribution in [1.82, 2.24) is 14.9 Å². The monoisotopic (exact) mass is 346 g/mol. The third-order valence-corrected chi connectivity index (χ3v) is 3.71. The van der Waals surface area contributed by atoms with Gasteiger partial charge in [-0.1, -0.05) is 0 Å². The maximum absolute atomic E-state index is 12.6. The number of nitrogens with zero attached hydrogens (tertiary/aromatic N) is 2. The van der Waals surface area contributed by atoms with Gasteiger partial charge >= 0.3 is 12.2 Å². The maximum atomic E-state index is 12.6. The largest absolute Gasteiger partial charge is 0.417 e. The van der Waals surface area contributed by atoms with Crippen molar-refractivity contribution >= 4 is 23.1 Å². The molecule has 0 aromatic carbocycles. The van der Waals surface area contributed by atoms with Crippen LogP contribution in [0.1, 0.15) is 16.3 Å². The summed E-state index contributed by atoms with van der Waals surface area (Å²) in [5.41, 5.74) is -1.68. The molecule has 0 spiro atoms. The quantitative estimate of drug-likeness (QED) is 0.897. The number of amides is 2. The average Bonchev–Trinajstić information content (AvgIpc) is 2.85. The van der Waals surface area contributed by atoms with E-state index in [1.54, 1.807) is 5.38 Å². The minimum absolute atomic E-state index is 0.174. The number of aromatic amines is 1. The Balaban J connectivity index is 2.11. The fourth-order valence-corrected chi connectivity index (χ4v) is 2.35. The number of alkyl halides is 3. The zero-order valence-electron chi connectivity index (χ0n) is 12.2. The van der Waals surface area contributed by atoms with E-state index < -0.39 is 29.0 Å². The zero-order valence-corrected chi connectivity index (χ0v) is 13.0. The predicted octanol–water partition coefficient (Wildman–Crippen LogP) is 2.82. The molecule has 2 aromatic rings. The molecule has 0 fully saturated rings. The summed E-state index contributed by atoms with van der Waals surface area (Å²) in [5.74, 6) is 0. The highest BCUT2D eigenvalue weighted by molar-refractivity contribution is 7.09. The number of carbonyl (C=O) groups excluding carboxylic acids is 1. The molecule has 0 radical (unpaired) electrons. The fraction of sp³-hybridized carbons (Fsp3) is 0.308. The number of aromatic nitrogens is 2. The molecule has 0 aliphatic carbocycles. The minimum Gasteiger partial charge on any atom is -0.327 e. The normalized spacial score (nSPS) is 11.3. The lowest BCUT2D eigenvalue weighted by atomic mass is 10.2. The molecule has 0 unspecified atom stereocenters. The fourth-order valence-electron chi connectivity index (χ4n) is 1.75. The molecular formula is C13H13F3N4O2S. The van der Waals surface area contributed by atoms with E-state index in [-0.39, 0.29) is 6.54 Å². The highest BCUT2D eigenvalue weighted by Crippen LogP contribution is 2.29. The van der Waals surface area contributed by atoms with Gasteiger partial charge in [-0.2, -0.15) is 13.2 Å². The van der Waals surface area contributed by atoms with Gasteiger partial charge in [0.2, 0.25) is 0 Å². The predicted molar refractivity (Wildman–Crippen MR) is 79.4 cm³/mol. The minimum atomic E-state index is -4.62. The van der Waals surface area contributed by atoms with Crippen molar-refractivity contribution in [3.05, 3.63) is 44.3 Å². The van der Waals surface area contributed by atoms with Gasteiger partial charge in [-0.3, -0.25) is 4.79 Å². The number of rotatable bonds is 3. The molecule has 2 N–H and O–H groups in total. The number of hydrogen-bond donors (Lipinski definition) is 2. The van der Waals surface area contributed by atoms with Gasteiger partial charge in [0.1, 0.15) is 5.69 Å². The zero-order chi connectivity index (χ0) is 17.2. The third-order valence-electron chi connectivity index (χ3n) is 2.88. The molecule has 0 saturated heterocycles. The summed E-state index contributed by atoms with van der Waals surface area (Å²) in [6, 6.07) is -0.113. The molecule has 6 nitrogen and oxygen atoms in total. The Morgan fingerprint density at radius 1 is 1.48 bits per heavy atom. The first kappa shape index (κ1) is 17.0. The average molecular weight is 346 g/mol. The second-order valence-electron chi connectivity index (χ2n) is 4.77. The lowest BCUT2D eigenvalue weighted by Gasteiger charge is -2.17. The SMILES string of the molecule is Cc1nc(CN(C)C(=O)Nc2cc(C(F)(F)F)c[nH]c2=O)cs1. The van der Waals surface area contributed by atoms with Crippen LogP contribution >= 0.6 is 11.3 Å². The lowest BCUT2D eigenvalue weighted by molar-refractivity contribution is -0.137. The first-order valence-electron chi connectivity index (χ1n) is 6.40. The van der Waals surface area contributed by atoms with Crippen LogP contribution in [0.5, 0.6) is 0 Å². The molecule has 0 saturated carbocycles. The van der Waals surface area contributed by atoms with E-state index in [2.05, 4.69) is 10.3 Å². The summed E-state index contributed by atoms with van der Waals surface area (Å²) in [6.07, 6.45) is -4.06. The van der Waals surface area contributed by atoms with E-state index in [0.717, 1.165) is 5.01 Å². The van der Waals surface area contributed by atoms with E-state index in [4.69, 9.17) is 0 Å². The Labute approximate surface area is 133 Å². The van der Waals surface area contributed by atoms with E-state index >= 15 is 0 Å². The number of H-pyrrole nitrogens is 1. The molecule has 124 valence electrons.